The minimum absolute atomic E-state index is 0.140. The number of hydrogen-bond acceptors (Lipinski definition) is 3. The zero-order chi connectivity index (χ0) is 16.9. The number of aromatic hydroxyl groups is 1. The highest BCUT2D eigenvalue weighted by Gasteiger charge is 2.24. The molecule has 0 unspecified atom stereocenters. The second-order valence-corrected chi connectivity index (χ2v) is 6.20. The van der Waals surface area contributed by atoms with Crippen LogP contribution in [0.1, 0.15) is 24.9 Å². The summed E-state index contributed by atoms with van der Waals surface area (Å²) >= 11 is 0. The molecule has 1 fully saturated rings. The SMILES string of the molecule is C[C@@H](NC(=O)N[C@@H]1CCN(c2ccccc2)C1)c1cccc(O)c1. The maximum absolute atomic E-state index is 12.2. The molecule has 0 aromatic heterocycles. The molecule has 3 rings (SSSR count). The van der Waals surface area contributed by atoms with Crippen molar-refractivity contribution in [2.75, 3.05) is 18.0 Å². The van der Waals surface area contributed by atoms with Crippen LogP contribution in [0.4, 0.5) is 10.5 Å². The van der Waals surface area contributed by atoms with Crippen LogP contribution in [0.2, 0.25) is 0 Å². The maximum atomic E-state index is 12.2. The highest BCUT2D eigenvalue weighted by atomic mass is 16.3. The van der Waals surface area contributed by atoms with Crippen molar-refractivity contribution in [1.82, 2.24) is 10.6 Å². The fourth-order valence-electron chi connectivity index (χ4n) is 3.05. The van der Waals surface area contributed by atoms with Crippen LogP contribution in [0.25, 0.3) is 0 Å². The number of nitrogens with zero attached hydrogens (tertiary/aromatic N) is 1. The Hall–Kier alpha value is -2.69. The number of phenols is 1. The molecule has 0 spiro atoms. The summed E-state index contributed by atoms with van der Waals surface area (Å²) in [5, 5.41) is 15.5. The van der Waals surface area contributed by atoms with Gasteiger partial charge in [-0.15, -0.1) is 0 Å². The predicted molar refractivity (Wildman–Crippen MR) is 95.2 cm³/mol. The Labute approximate surface area is 142 Å². The molecule has 24 heavy (non-hydrogen) atoms. The van der Waals surface area contributed by atoms with Gasteiger partial charge in [-0.05, 0) is 43.2 Å². The molecule has 5 heteroatoms. The monoisotopic (exact) mass is 325 g/mol. The molecule has 0 aliphatic carbocycles. The van der Waals surface area contributed by atoms with Crippen LogP contribution < -0.4 is 15.5 Å². The van der Waals surface area contributed by atoms with E-state index in [0.717, 1.165) is 25.1 Å². The van der Waals surface area contributed by atoms with Gasteiger partial charge in [0.1, 0.15) is 5.75 Å². The van der Waals surface area contributed by atoms with Gasteiger partial charge in [0.25, 0.3) is 0 Å². The van der Waals surface area contributed by atoms with Gasteiger partial charge in [-0.25, -0.2) is 4.79 Å². The van der Waals surface area contributed by atoms with Crippen molar-refractivity contribution in [1.29, 1.82) is 0 Å². The van der Waals surface area contributed by atoms with E-state index in [9.17, 15) is 9.90 Å². The molecular formula is C19H23N3O2. The lowest BCUT2D eigenvalue weighted by molar-refractivity contribution is 0.235. The summed E-state index contributed by atoms with van der Waals surface area (Å²) < 4.78 is 0. The molecule has 126 valence electrons. The number of rotatable bonds is 4. The number of hydrogen-bond donors (Lipinski definition) is 3. The van der Waals surface area contributed by atoms with E-state index in [1.807, 2.05) is 31.2 Å². The summed E-state index contributed by atoms with van der Waals surface area (Å²) in [5.74, 6) is 0.204. The lowest BCUT2D eigenvalue weighted by Crippen LogP contribution is -2.44. The van der Waals surface area contributed by atoms with E-state index in [1.165, 1.54) is 5.69 Å². The van der Waals surface area contributed by atoms with Gasteiger partial charge in [0, 0.05) is 24.8 Å². The van der Waals surface area contributed by atoms with Crippen LogP contribution in [-0.4, -0.2) is 30.3 Å². The van der Waals surface area contributed by atoms with E-state index in [0.29, 0.717) is 0 Å². The Morgan fingerprint density at radius 2 is 2.00 bits per heavy atom. The number of anilines is 1. The first-order chi connectivity index (χ1) is 11.6. The van der Waals surface area contributed by atoms with Gasteiger partial charge in [-0.1, -0.05) is 30.3 Å². The number of amides is 2. The molecule has 0 saturated carbocycles. The number of phenolic OH excluding ortho intramolecular Hbond substituents is 1. The normalized spacial score (nSPS) is 18.2. The molecule has 1 aliphatic heterocycles. The maximum Gasteiger partial charge on any atom is 0.315 e. The quantitative estimate of drug-likeness (QED) is 0.809. The molecule has 2 atom stereocenters. The van der Waals surface area contributed by atoms with Crippen molar-refractivity contribution in [2.45, 2.75) is 25.4 Å². The molecule has 2 aromatic carbocycles. The summed E-state index contributed by atoms with van der Waals surface area (Å²) in [7, 11) is 0. The molecular weight excluding hydrogens is 302 g/mol. The van der Waals surface area contributed by atoms with Crippen LogP contribution in [0.5, 0.6) is 5.75 Å². The van der Waals surface area contributed by atoms with Crippen molar-refractivity contribution >= 4 is 11.7 Å². The highest BCUT2D eigenvalue weighted by molar-refractivity contribution is 5.75. The molecule has 1 aliphatic rings. The van der Waals surface area contributed by atoms with E-state index < -0.39 is 0 Å². The summed E-state index contributed by atoms with van der Waals surface area (Å²) in [5.41, 5.74) is 2.07. The molecule has 0 radical (unpaired) electrons. The standard InChI is InChI=1S/C19H23N3O2/c1-14(15-6-5-9-18(23)12-15)20-19(24)21-16-10-11-22(13-16)17-7-3-2-4-8-17/h2-9,12,14,16,23H,10-11,13H2,1H3,(H2,20,21,24)/t14-,16-/m1/s1. The van der Waals surface area contributed by atoms with Crippen LogP contribution in [-0.2, 0) is 0 Å². The lowest BCUT2D eigenvalue weighted by Gasteiger charge is -2.20. The van der Waals surface area contributed by atoms with Crippen molar-refractivity contribution in [3.05, 3.63) is 60.2 Å². The first kappa shape index (κ1) is 16.2. The van der Waals surface area contributed by atoms with Gasteiger partial charge in [0.05, 0.1) is 6.04 Å². The third-order valence-electron chi connectivity index (χ3n) is 4.36. The van der Waals surface area contributed by atoms with Crippen LogP contribution in [0, 0.1) is 0 Å². The topological polar surface area (TPSA) is 64.6 Å². The van der Waals surface area contributed by atoms with Crippen LogP contribution in [0.3, 0.4) is 0 Å². The van der Waals surface area contributed by atoms with Crippen molar-refractivity contribution in [3.63, 3.8) is 0 Å². The number of carbonyl (C=O) groups excluding carboxylic acids is 1. The third kappa shape index (κ3) is 3.98. The van der Waals surface area contributed by atoms with Gasteiger partial charge < -0.3 is 20.6 Å². The third-order valence-corrected chi connectivity index (χ3v) is 4.36. The Balaban J connectivity index is 1.51. The molecule has 3 N–H and O–H groups in total. The first-order valence-corrected chi connectivity index (χ1v) is 8.28. The fourth-order valence-corrected chi connectivity index (χ4v) is 3.05. The minimum atomic E-state index is -0.175. The van der Waals surface area contributed by atoms with E-state index >= 15 is 0 Å². The number of para-hydroxylation sites is 1. The highest BCUT2D eigenvalue weighted by Crippen LogP contribution is 2.20. The minimum Gasteiger partial charge on any atom is -0.508 e. The first-order valence-electron chi connectivity index (χ1n) is 8.28. The number of nitrogens with one attached hydrogen (secondary N) is 2. The van der Waals surface area contributed by atoms with Gasteiger partial charge in [0.15, 0.2) is 0 Å². The second-order valence-electron chi connectivity index (χ2n) is 6.20. The average Bonchev–Trinajstić information content (AvgIpc) is 3.04. The van der Waals surface area contributed by atoms with Gasteiger partial charge >= 0.3 is 6.03 Å². The average molecular weight is 325 g/mol. The van der Waals surface area contributed by atoms with Gasteiger partial charge in [-0.3, -0.25) is 0 Å². The summed E-state index contributed by atoms with van der Waals surface area (Å²) in [6, 6.07) is 17.0. The van der Waals surface area contributed by atoms with Gasteiger partial charge in [0.2, 0.25) is 0 Å². The Kier molecular flexibility index (Phi) is 4.89. The predicted octanol–water partition coefficient (Wildman–Crippen LogP) is 3.03. The summed E-state index contributed by atoms with van der Waals surface area (Å²) in [6.45, 7) is 3.66. The van der Waals surface area contributed by atoms with Gasteiger partial charge in [-0.2, -0.15) is 0 Å². The largest absolute Gasteiger partial charge is 0.508 e. The van der Waals surface area contributed by atoms with E-state index in [1.54, 1.807) is 18.2 Å². The summed E-state index contributed by atoms with van der Waals surface area (Å²) in [4.78, 5) is 14.5. The van der Waals surface area contributed by atoms with Crippen molar-refractivity contribution in [2.24, 2.45) is 0 Å². The van der Waals surface area contributed by atoms with E-state index in [-0.39, 0.29) is 23.9 Å². The molecule has 2 aromatic rings. The second kappa shape index (κ2) is 7.25. The smallest absolute Gasteiger partial charge is 0.315 e. The van der Waals surface area contributed by atoms with Crippen molar-refractivity contribution < 1.29 is 9.90 Å². The number of carbonyl (C=O) groups is 1. The Morgan fingerprint density at radius 1 is 1.21 bits per heavy atom. The summed E-state index contributed by atoms with van der Waals surface area (Å²) in [6.07, 6.45) is 0.933. The van der Waals surface area contributed by atoms with E-state index in [2.05, 4.69) is 27.7 Å². The number of urea groups is 1. The van der Waals surface area contributed by atoms with Crippen LogP contribution >= 0.6 is 0 Å². The molecule has 1 heterocycles. The van der Waals surface area contributed by atoms with Crippen LogP contribution in [0.15, 0.2) is 54.6 Å². The van der Waals surface area contributed by atoms with E-state index in [4.69, 9.17) is 0 Å². The Bertz CT molecular complexity index is 690. The zero-order valence-electron chi connectivity index (χ0n) is 13.8. The molecule has 0 bridgehead atoms. The molecule has 1 saturated heterocycles. The number of benzene rings is 2. The fraction of sp³-hybridized carbons (Fsp3) is 0.316. The lowest BCUT2D eigenvalue weighted by atomic mass is 10.1. The molecule has 5 nitrogen and oxygen atoms in total. The zero-order valence-corrected chi connectivity index (χ0v) is 13.8. The molecule has 2 amide bonds. The van der Waals surface area contributed by atoms with Crippen molar-refractivity contribution in [3.8, 4) is 5.75 Å². The Morgan fingerprint density at radius 3 is 2.75 bits per heavy atom.